The van der Waals surface area contributed by atoms with E-state index < -0.39 is 24.1 Å². The Labute approximate surface area is 81.4 Å². The number of Topliss-reactive ketones (excluding diaryl/α,β-unsaturated/α-hetero) is 1. The van der Waals surface area contributed by atoms with Crippen LogP contribution in [0.15, 0.2) is 0 Å². The normalized spacial score (nSPS) is 11.1. The van der Waals surface area contributed by atoms with Crippen LogP contribution in [0.4, 0.5) is 0 Å². The van der Waals surface area contributed by atoms with Crippen molar-refractivity contribution in [3.63, 3.8) is 0 Å². The smallest absolute Gasteiger partial charge is 0.375 e. The fraction of sp³-hybridized carbons (Fsp3) is 0.750. The number of hydrogen-bond acceptors (Lipinski definition) is 6. The Hall–Kier alpha value is -0.980. The van der Waals surface area contributed by atoms with Gasteiger partial charge in [-0.05, 0) is 13.8 Å². The SMILES string of the molecule is CCOCC(=O)C(O)(O)C(=O)OCC. The minimum Gasteiger partial charge on any atom is -0.462 e. The highest BCUT2D eigenvalue weighted by Gasteiger charge is 2.43. The van der Waals surface area contributed by atoms with Crippen molar-refractivity contribution in [2.24, 2.45) is 0 Å². The van der Waals surface area contributed by atoms with Crippen molar-refractivity contribution >= 4 is 11.8 Å². The fourth-order valence-corrected chi connectivity index (χ4v) is 0.641. The first-order chi connectivity index (χ1) is 6.46. The molecule has 6 heteroatoms. The highest BCUT2D eigenvalue weighted by molar-refractivity contribution is 6.05. The minimum absolute atomic E-state index is 0.0381. The van der Waals surface area contributed by atoms with Gasteiger partial charge in [-0.1, -0.05) is 0 Å². The van der Waals surface area contributed by atoms with Gasteiger partial charge >= 0.3 is 11.8 Å². The number of hydrogen-bond donors (Lipinski definition) is 2. The lowest BCUT2D eigenvalue weighted by Crippen LogP contribution is -2.49. The third-order valence-electron chi connectivity index (χ3n) is 1.39. The summed E-state index contributed by atoms with van der Waals surface area (Å²) in [6, 6.07) is 0. The molecule has 6 nitrogen and oxygen atoms in total. The van der Waals surface area contributed by atoms with Gasteiger partial charge in [0.2, 0.25) is 5.78 Å². The average Bonchev–Trinajstić information content (AvgIpc) is 2.14. The van der Waals surface area contributed by atoms with Gasteiger partial charge in [0.1, 0.15) is 6.61 Å². The first-order valence-electron chi connectivity index (χ1n) is 4.19. The van der Waals surface area contributed by atoms with E-state index in [4.69, 9.17) is 10.2 Å². The quantitative estimate of drug-likeness (QED) is 0.323. The van der Waals surface area contributed by atoms with E-state index in [1.165, 1.54) is 6.92 Å². The highest BCUT2D eigenvalue weighted by atomic mass is 16.6. The Balaban J connectivity index is 4.28. The molecule has 0 fully saturated rings. The van der Waals surface area contributed by atoms with E-state index in [2.05, 4.69) is 9.47 Å². The Morgan fingerprint density at radius 1 is 1.21 bits per heavy atom. The second-order valence-electron chi connectivity index (χ2n) is 2.45. The average molecular weight is 206 g/mol. The van der Waals surface area contributed by atoms with Crippen LogP contribution in [0.5, 0.6) is 0 Å². The Kier molecular flexibility index (Phi) is 5.29. The van der Waals surface area contributed by atoms with Crippen molar-refractivity contribution in [3.05, 3.63) is 0 Å². The van der Waals surface area contributed by atoms with Gasteiger partial charge in [-0.2, -0.15) is 0 Å². The largest absolute Gasteiger partial charge is 0.462 e. The highest BCUT2D eigenvalue weighted by Crippen LogP contribution is 2.05. The molecule has 0 saturated carbocycles. The predicted octanol–water partition coefficient (Wildman–Crippen LogP) is -1.16. The summed E-state index contributed by atoms with van der Waals surface area (Å²) >= 11 is 0. The number of carbonyl (C=O) groups excluding carboxylic acids is 2. The van der Waals surface area contributed by atoms with Crippen LogP contribution in [0.1, 0.15) is 13.8 Å². The maximum Gasteiger partial charge on any atom is 0.375 e. The summed E-state index contributed by atoms with van der Waals surface area (Å²) in [6.45, 7) is 2.78. The van der Waals surface area contributed by atoms with Crippen LogP contribution in [0.25, 0.3) is 0 Å². The van der Waals surface area contributed by atoms with Crippen LogP contribution in [0.2, 0.25) is 0 Å². The summed E-state index contributed by atoms with van der Waals surface area (Å²) < 4.78 is 8.93. The third kappa shape index (κ3) is 3.41. The molecule has 0 saturated heterocycles. The second kappa shape index (κ2) is 5.69. The third-order valence-corrected chi connectivity index (χ3v) is 1.39. The van der Waals surface area contributed by atoms with E-state index >= 15 is 0 Å². The van der Waals surface area contributed by atoms with Crippen LogP contribution < -0.4 is 0 Å². The molecule has 0 aromatic heterocycles. The monoisotopic (exact) mass is 206 g/mol. The van der Waals surface area contributed by atoms with Gasteiger partial charge in [0.05, 0.1) is 6.61 Å². The lowest BCUT2D eigenvalue weighted by atomic mass is 10.2. The molecule has 0 unspecified atom stereocenters. The Morgan fingerprint density at radius 2 is 1.79 bits per heavy atom. The summed E-state index contributed by atoms with van der Waals surface area (Å²) in [7, 11) is 0. The van der Waals surface area contributed by atoms with Crippen LogP contribution in [0, 0.1) is 0 Å². The molecule has 0 atom stereocenters. The van der Waals surface area contributed by atoms with Gasteiger partial charge in [0.25, 0.3) is 0 Å². The summed E-state index contributed by atoms with van der Waals surface area (Å²) in [5, 5.41) is 18.1. The molecule has 0 aromatic rings. The molecule has 0 aliphatic rings. The minimum atomic E-state index is -3.11. The number of ketones is 1. The van der Waals surface area contributed by atoms with E-state index in [9.17, 15) is 9.59 Å². The zero-order valence-corrected chi connectivity index (χ0v) is 8.15. The van der Waals surface area contributed by atoms with Crippen molar-refractivity contribution in [1.29, 1.82) is 0 Å². The van der Waals surface area contributed by atoms with Crippen molar-refractivity contribution < 1.29 is 29.3 Å². The van der Waals surface area contributed by atoms with Crippen molar-refractivity contribution in [1.82, 2.24) is 0 Å². The van der Waals surface area contributed by atoms with Gasteiger partial charge < -0.3 is 19.7 Å². The number of rotatable bonds is 6. The Bertz CT molecular complexity index is 210. The summed E-state index contributed by atoms with van der Waals surface area (Å²) in [4.78, 5) is 21.9. The standard InChI is InChI=1S/C8H14O6/c1-3-13-5-6(9)8(11,12)7(10)14-4-2/h11-12H,3-5H2,1-2H3. The molecule has 0 rings (SSSR count). The molecule has 2 N–H and O–H groups in total. The number of ether oxygens (including phenoxy) is 2. The van der Waals surface area contributed by atoms with E-state index in [0.717, 1.165) is 0 Å². The summed E-state index contributed by atoms with van der Waals surface area (Å²) in [5.74, 6) is -5.63. The van der Waals surface area contributed by atoms with Crippen LogP contribution in [-0.2, 0) is 19.1 Å². The molecule has 0 spiro atoms. The molecule has 0 radical (unpaired) electrons. The summed E-state index contributed by atoms with van der Waals surface area (Å²) in [5.41, 5.74) is 0. The van der Waals surface area contributed by atoms with Crippen molar-refractivity contribution in [2.75, 3.05) is 19.8 Å². The molecule has 0 bridgehead atoms. The fourth-order valence-electron chi connectivity index (χ4n) is 0.641. The lowest BCUT2D eigenvalue weighted by Gasteiger charge is -2.17. The van der Waals surface area contributed by atoms with Gasteiger partial charge in [-0.15, -0.1) is 0 Å². The molecule has 0 aliphatic carbocycles. The van der Waals surface area contributed by atoms with Crippen LogP contribution in [-0.4, -0.2) is 47.6 Å². The number of aliphatic hydroxyl groups is 2. The first-order valence-corrected chi connectivity index (χ1v) is 4.19. The second-order valence-corrected chi connectivity index (χ2v) is 2.45. The number of esters is 1. The van der Waals surface area contributed by atoms with E-state index in [-0.39, 0.29) is 13.2 Å². The Morgan fingerprint density at radius 3 is 2.21 bits per heavy atom. The lowest BCUT2D eigenvalue weighted by molar-refractivity contribution is -0.210. The molecule has 0 heterocycles. The maximum atomic E-state index is 11.0. The summed E-state index contributed by atoms with van der Waals surface area (Å²) in [6.07, 6.45) is 0. The first kappa shape index (κ1) is 13.0. The van der Waals surface area contributed by atoms with Crippen LogP contribution >= 0.6 is 0 Å². The predicted molar refractivity (Wildman–Crippen MR) is 45.3 cm³/mol. The van der Waals surface area contributed by atoms with Gasteiger partial charge in [-0.3, -0.25) is 4.79 Å². The molecule has 0 amide bonds. The maximum absolute atomic E-state index is 11.0. The number of carbonyl (C=O) groups is 2. The molecule has 82 valence electrons. The zero-order valence-electron chi connectivity index (χ0n) is 8.15. The van der Waals surface area contributed by atoms with E-state index in [1.54, 1.807) is 6.92 Å². The molecular formula is C8H14O6. The van der Waals surface area contributed by atoms with E-state index in [0.29, 0.717) is 0 Å². The van der Waals surface area contributed by atoms with Gasteiger partial charge in [-0.25, -0.2) is 4.79 Å². The zero-order chi connectivity index (χ0) is 11.2. The van der Waals surface area contributed by atoms with Gasteiger partial charge in [0, 0.05) is 6.61 Å². The molecule has 14 heavy (non-hydrogen) atoms. The van der Waals surface area contributed by atoms with E-state index in [1.807, 2.05) is 0 Å². The molecular weight excluding hydrogens is 192 g/mol. The van der Waals surface area contributed by atoms with Crippen molar-refractivity contribution in [2.45, 2.75) is 19.6 Å². The van der Waals surface area contributed by atoms with Crippen molar-refractivity contribution in [3.8, 4) is 0 Å². The molecule has 0 aromatic carbocycles. The molecule has 0 aliphatic heterocycles. The van der Waals surface area contributed by atoms with Crippen LogP contribution in [0.3, 0.4) is 0 Å². The topological polar surface area (TPSA) is 93.1 Å². The van der Waals surface area contributed by atoms with Gasteiger partial charge in [0.15, 0.2) is 0 Å².